The standard InChI is InChI=1S/C23H25N7O3S/c1-30(2)34(31,32)20-13-17(14-27-22(20)24)16-4-5-19-18(12-16)21(15-6-8-25-9-7-15)29-23(28-19)26-10-11-33-3/h4-9,12-14H,10-11H2,1-3H3,(H2,24,27)(H,26,28,29). The third kappa shape index (κ3) is 4.67. The summed E-state index contributed by atoms with van der Waals surface area (Å²) in [5, 5.41) is 3.98. The lowest BCUT2D eigenvalue weighted by molar-refractivity contribution is 0.210. The third-order valence-electron chi connectivity index (χ3n) is 5.21. The van der Waals surface area contributed by atoms with Crippen LogP contribution in [0.25, 0.3) is 33.3 Å². The third-order valence-corrected chi connectivity index (χ3v) is 7.06. The van der Waals surface area contributed by atoms with Gasteiger partial charge in [0.2, 0.25) is 16.0 Å². The number of aromatic nitrogens is 4. The number of anilines is 2. The maximum atomic E-state index is 12.7. The molecule has 4 rings (SSSR count). The van der Waals surface area contributed by atoms with E-state index in [4.69, 9.17) is 15.5 Å². The summed E-state index contributed by atoms with van der Waals surface area (Å²) in [6.45, 7) is 1.09. The van der Waals surface area contributed by atoms with Crippen LogP contribution in [-0.4, -0.2) is 67.0 Å². The van der Waals surface area contributed by atoms with Crippen molar-refractivity contribution in [3.8, 4) is 22.4 Å². The van der Waals surface area contributed by atoms with E-state index in [1.54, 1.807) is 25.7 Å². The summed E-state index contributed by atoms with van der Waals surface area (Å²) >= 11 is 0. The summed E-state index contributed by atoms with van der Waals surface area (Å²) in [4.78, 5) is 17.5. The molecule has 10 nitrogen and oxygen atoms in total. The Balaban J connectivity index is 1.86. The van der Waals surface area contributed by atoms with Crippen molar-refractivity contribution in [2.45, 2.75) is 4.90 Å². The fourth-order valence-electron chi connectivity index (χ4n) is 3.40. The minimum atomic E-state index is -3.75. The molecule has 0 saturated carbocycles. The van der Waals surface area contributed by atoms with Gasteiger partial charge < -0.3 is 15.8 Å². The lowest BCUT2D eigenvalue weighted by Gasteiger charge is -2.14. The topological polar surface area (TPSA) is 136 Å². The molecule has 0 unspecified atom stereocenters. The van der Waals surface area contributed by atoms with Crippen LogP contribution in [0.15, 0.2) is 59.9 Å². The number of hydrogen-bond acceptors (Lipinski definition) is 9. The Morgan fingerprint density at radius 2 is 1.79 bits per heavy atom. The van der Waals surface area contributed by atoms with Crippen molar-refractivity contribution in [2.24, 2.45) is 0 Å². The van der Waals surface area contributed by atoms with Gasteiger partial charge in [0.15, 0.2) is 0 Å². The first-order chi connectivity index (χ1) is 16.3. The van der Waals surface area contributed by atoms with E-state index in [0.29, 0.717) is 24.7 Å². The van der Waals surface area contributed by atoms with Crippen LogP contribution >= 0.6 is 0 Å². The number of nitrogens with zero attached hydrogens (tertiary/aromatic N) is 5. The highest BCUT2D eigenvalue weighted by molar-refractivity contribution is 7.89. The number of rotatable bonds is 8. The number of nitrogen functional groups attached to an aromatic ring is 1. The summed E-state index contributed by atoms with van der Waals surface area (Å²) in [6, 6.07) is 10.9. The molecular weight excluding hydrogens is 454 g/mol. The summed E-state index contributed by atoms with van der Waals surface area (Å²) in [5.41, 5.74) is 9.59. The summed E-state index contributed by atoms with van der Waals surface area (Å²) in [5.74, 6) is 0.434. The van der Waals surface area contributed by atoms with Gasteiger partial charge in [-0.3, -0.25) is 4.98 Å². The highest BCUT2D eigenvalue weighted by atomic mass is 32.2. The number of fused-ring (bicyclic) bond motifs is 1. The van der Waals surface area contributed by atoms with Gasteiger partial charge in [0.25, 0.3) is 0 Å². The molecule has 0 bridgehead atoms. The molecule has 4 aromatic rings. The number of benzene rings is 1. The van der Waals surface area contributed by atoms with Crippen LogP contribution in [0.5, 0.6) is 0 Å². The molecule has 11 heteroatoms. The molecule has 176 valence electrons. The van der Waals surface area contributed by atoms with E-state index in [2.05, 4.69) is 20.3 Å². The zero-order valence-corrected chi connectivity index (χ0v) is 19.9. The molecule has 0 atom stereocenters. The van der Waals surface area contributed by atoms with Crippen LogP contribution < -0.4 is 11.1 Å². The first-order valence-corrected chi connectivity index (χ1v) is 11.9. The molecule has 34 heavy (non-hydrogen) atoms. The summed E-state index contributed by atoms with van der Waals surface area (Å²) in [7, 11) is 0.785. The van der Waals surface area contributed by atoms with Crippen LogP contribution in [0.1, 0.15) is 0 Å². The van der Waals surface area contributed by atoms with Gasteiger partial charge in [-0.05, 0) is 35.9 Å². The number of ether oxygens (including phenoxy) is 1. The van der Waals surface area contributed by atoms with Gasteiger partial charge in [0, 0.05) is 62.9 Å². The second kappa shape index (κ2) is 9.67. The molecule has 3 N–H and O–H groups in total. The minimum Gasteiger partial charge on any atom is -0.383 e. The molecule has 0 aliphatic carbocycles. The molecule has 0 radical (unpaired) electrons. The lowest BCUT2D eigenvalue weighted by Crippen LogP contribution is -2.23. The van der Waals surface area contributed by atoms with Gasteiger partial charge in [0.05, 0.1) is 17.8 Å². The Kier molecular flexibility index (Phi) is 6.68. The Labute approximate surface area is 197 Å². The highest BCUT2D eigenvalue weighted by Crippen LogP contribution is 2.32. The molecular formula is C23H25N7O3S. The fraction of sp³-hybridized carbons (Fsp3) is 0.217. The number of methoxy groups -OCH3 is 1. The molecule has 3 heterocycles. The molecule has 1 aromatic carbocycles. The number of pyridine rings is 2. The van der Waals surface area contributed by atoms with Crippen molar-refractivity contribution in [1.29, 1.82) is 0 Å². The first kappa shape index (κ1) is 23.5. The van der Waals surface area contributed by atoms with Crippen molar-refractivity contribution in [2.75, 3.05) is 45.4 Å². The molecule has 3 aromatic heterocycles. The SMILES string of the molecule is COCCNc1nc(-c2ccncc2)c2cc(-c3cnc(N)c(S(=O)(=O)N(C)C)c3)ccc2n1. The smallest absolute Gasteiger partial charge is 0.246 e. The highest BCUT2D eigenvalue weighted by Gasteiger charge is 2.22. The molecule has 0 spiro atoms. The van der Waals surface area contributed by atoms with Gasteiger partial charge >= 0.3 is 0 Å². The van der Waals surface area contributed by atoms with Gasteiger partial charge in [0.1, 0.15) is 10.7 Å². The molecule has 0 fully saturated rings. The number of nitrogens with one attached hydrogen (secondary N) is 1. The largest absolute Gasteiger partial charge is 0.383 e. The molecule has 0 aliphatic heterocycles. The van der Waals surface area contributed by atoms with E-state index in [1.807, 2.05) is 30.3 Å². The van der Waals surface area contributed by atoms with Gasteiger partial charge in [-0.1, -0.05) is 6.07 Å². The zero-order valence-electron chi connectivity index (χ0n) is 19.1. The quantitative estimate of drug-likeness (QED) is 0.365. The van der Waals surface area contributed by atoms with E-state index < -0.39 is 10.0 Å². The van der Waals surface area contributed by atoms with Crippen LogP contribution in [-0.2, 0) is 14.8 Å². The second-order valence-electron chi connectivity index (χ2n) is 7.68. The Morgan fingerprint density at radius 1 is 1.03 bits per heavy atom. The van der Waals surface area contributed by atoms with Crippen LogP contribution in [0.4, 0.5) is 11.8 Å². The van der Waals surface area contributed by atoms with Crippen molar-refractivity contribution < 1.29 is 13.2 Å². The maximum absolute atomic E-state index is 12.7. The fourth-order valence-corrected chi connectivity index (χ4v) is 4.38. The monoisotopic (exact) mass is 479 g/mol. The second-order valence-corrected chi connectivity index (χ2v) is 9.80. The van der Waals surface area contributed by atoms with Crippen LogP contribution in [0, 0.1) is 0 Å². The zero-order chi connectivity index (χ0) is 24.3. The first-order valence-electron chi connectivity index (χ1n) is 10.4. The van der Waals surface area contributed by atoms with Crippen molar-refractivity contribution in [3.05, 3.63) is 55.0 Å². The van der Waals surface area contributed by atoms with Crippen molar-refractivity contribution in [1.82, 2.24) is 24.2 Å². The number of hydrogen-bond donors (Lipinski definition) is 2. The Morgan fingerprint density at radius 3 is 2.50 bits per heavy atom. The van der Waals surface area contributed by atoms with Crippen LogP contribution in [0.3, 0.4) is 0 Å². The Hall–Kier alpha value is -3.67. The van der Waals surface area contributed by atoms with Crippen molar-refractivity contribution >= 4 is 32.7 Å². The van der Waals surface area contributed by atoms with E-state index in [-0.39, 0.29) is 10.7 Å². The maximum Gasteiger partial charge on any atom is 0.246 e. The van der Waals surface area contributed by atoms with E-state index >= 15 is 0 Å². The van der Waals surface area contributed by atoms with Gasteiger partial charge in [-0.25, -0.2) is 27.7 Å². The number of nitrogens with two attached hydrogens (primary N) is 1. The summed E-state index contributed by atoms with van der Waals surface area (Å²) < 4.78 is 31.6. The average Bonchev–Trinajstić information content (AvgIpc) is 2.84. The normalized spacial score (nSPS) is 11.8. The summed E-state index contributed by atoms with van der Waals surface area (Å²) in [6.07, 6.45) is 4.96. The molecule has 0 aliphatic rings. The van der Waals surface area contributed by atoms with E-state index in [1.165, 1.54) is 20.2 Å². The van der Waals surface area contributed by atoms with Gasteiger partial charge in [-0.2, -0.15) is 0 Å². The predicted octanol–water partition coefficient (Wildman–Crippen LogP) is 2.64. The van der Waals surface area contributed by atoms with E-state index in [0.717, 1.165) is 32.0 Å². The average molecular weight is 480 g/mol. The van der Waals surface area contributed by atoms with Gasteiger partial charge in [-0.15, -0.1) is 0 Å². The molecule has 0 amide bonds. The minimum absolute atomic E-state index is 0.0432. The predicted molar refractivity (Wildman–Crippen MR) is 132 cm³/mol. The lowest BCUT2D eigenvalue weighted by atomic mass is 10.0. The Bertz CT molecular complexity index is 1430. The van der Waals surface area contributed by atoms with Crippen molar-refractivity contribution in [3.63, 3.8) is 0 Å². The van der Waals surface area contributed by atoms with Crippen LogP contribution in [0.2, 0.25) is 0 Å². The number of sulfonamides is 1. The molecule has 0 saturated heterocycles. The van der Waals surface area contributed by atoms with E-state index in [9.17, 15) is 8.42 Å².